The second-order valence-corrected chi connectivity index (χ2v) is 31.6. The zero-order valence-electron chi connectivity index (χ0n) is 78.2. The van der Waals surface area contributed by atoms with E-state index in [9.17, 15) is 87.3 Å². The van der Waals surface area contributed by atoms with Crippen LogP contribution in [-0.4, -0.2) is 119 Å². The van der Waals surface area contributed by atoms with Gasteiger partial charge < -0.3 is 90.8 Å². The second kappa shape index (κ2) is 65.0. The molecule has 10 aromatic carbocycles. The van der Waals surface area contributed by atoms with E-state index in [1.807, 2.05) is 0 Å². The molecule has 0 unspecified atom stereocenters. The van der Waals surface area contributed by atoms with E-state index < -0.39 is 140 Å². The summed E-state index contributed by atoms with van der Waals surface area (Å²) in [6.07, 6.45) is 13.7. The minimum atomic E-state index is -1.71. The molecule has 0 aliphatic heterocycles. The van der Waals surface area contributed by atoms with Crippen LogP contribution in [0.1, 0.15) is 56.7 Å². The molecule has 0 spiro atoms. The Labute approximate surface area is 967 Å². The molecule has 31 nitrogen and oxygen atoms in total. The van der Waals surface area contributed by atoms with Crippen LogP contribution in [0.5, 0.6) is 80.5 Å². The monoisotopic (exact) mass is 2510 g/mol. The Balaban J connectivity index is 0.000000439. The zero-order valence-corrected chi connectivity index (χ0v) is 95.1. The van der Waals surface area contributed by atoms with Gasteiger partial charge in [0, 0.05) is 96.2 Å². The molecular formula is C94H81BBr4Cs2F12N8O23. The smallest absolute Gasteiger partial charge is 1.00 e. The molecule has 2 aliphatic rings. The van der Waals surface area contributed by atoms with Gasteiger partial charge in [-0.25, -0.2) is 48.3 Å². The molecule has 2 saturated carbocycles. The molecule has 50 heteroatoms. The third-order valence-electron chi connectivity index (χ3n) is 17.9. The van der Waals surface area contributed by atoms with Gasteiger partial charge in [0.15, 0.2) is 87.0 Å². The standard InChI is InChI=1S/C23H20F2N2O3.C20H15BrF2N2O3.C13H8BrF2NO4.C13H10BrF2NO2.C7H7BrO2.C7H7NO2.C6H2F3NO2.C3H7BO2.CH3F.CH2O3.2Cs.H/c1-29-21-7-6-17(12-18(21)15-4-5-15)30-23-19(24)10-16(11-20(23)25)27-22(28)9-14-3-2-8-26-13-14;1-27-18-5-4-14(10-15(18)21)28-20-16(22)8-13(9-17(20)23)25-19(26)7-12-3-2-6-24-11-12;1-20-12-3-2-8(6-9(12)14)21-13-10(15)4-7(17(18)19)5-11(13)16;1-18-12-3-2-8(6-9(12)14)19-13-10(15)4-7(17)5-11(13)16;1-10-7-3-2-5(9)4-6(7)8;9-7(10)4-6-2-1-3-8-5-6;7-4-1-3(10(11)12)2-5(8)6(4)9;5-4(6)3-1-2-3;1-2;2-1-4-3;;;/h2-3,6-8,10-13,15H,4-5,9H2,1H3,(H,27,28);2-6,8-11H,7H2,1H3,(H,25,26);2-6H,1H3;2-6H,17H2,1H3;2-4,9H,1H3;1-3,5H,4H2,(H,9,10);1-2H;3,5-6H,1-2H2;1H3;1,3H;;;/q;;;;;;;;;;2*+1;-1/p-1/i;;;;;;;;1D;;;;. The van der Waals surface area contributed by atoms with Crippen LogP contribution in [0.4, 0.5) is 81.1 Å². The molecule has 0 atom stereocenters. The van der Waals surface area contributed by atoms with E-state index >= 15 is 0 Å². The summed E-state index contributed by atoms with van der Waals surface area (Å²) in [5.74, 6) is -11.6. The summed E-state index contributed by atoms with van der Waals surface area (Å²) < 4.78 is 214. The number of hydrogen-bond acceptors (Lipinski definition) is 26. The van der Waals surface area contributed by atoms with Crippen molar-refractivity contribution in [3.8, 4) is 80.5 Å². The van der Waals surface area contributed by atoms with Crippen LogP contribution in [0, 0.1) is 84.2 Å². The molecule has 3 aromatic heterocycles. The van der Waals surface area contributed by atoms with Crippen LogP contribution in [0.3, 0.4) is 0 Å². The van der Waals surface area contributed by atoms with Crippen molar-refractivity contribution in [3.63, 3.8) is 0 Å². The molecule has 15 rings (SSSR count). The number of anilines is 3. The summed E-state index contributed by atoms with van der Waals surface area (Å²) in [4.78, 5) is 75.7. The number of nitro benzene ring substituents is 2. The van der Waals surface area contributed by atoms with Gasteiger partial charge in [-0.15, -0.1) is 0 Å². The first-order valence-corrected chi connectivity index (χ1v) is 43.3. The maximum absolute atomic E-state index is 14.5. The van der Waals surface area contributed by atoms with Gasteiger partial charge in [0.25, 0.3) is 17.8 Å². The van der Waals surface area contributed by atoms with E-state index in [0.717, 1.165) is 89.2 Å². The Morgan fingerprint density at radius 2 is 0.764 bits per heavy atom. The number of methoxy groups -OCH3 is 5. The number of aromatic nitrogens is 3. The van der Waals surface area contributed by atoms with Crippen molar-refractivity contribution in [2.75, 3.05) is 59.1 Å². The molecular weight excluding hydrogens is 2430 g/mol. The number of phenols is 1. The number of hydrogen-bond donors (Lipinski definition) is 7. The second-order valence-electron chi connectivity index (χ2n) is 28.2. The van der Waals surface area contributed by atoms with E-state index in [0.29, 0.717) is 77.7 Å². The number of non-ortho nitro benzene ring substituents is 2. The van der Waals surface area contributed by atoms with Crippen LogP contribution in [0.15, 0.2) is 243 Å². The maximum Gasteiger partial charge on any atom is 1.00 e. The van der Waals surface area contributed by atoms with Crippen LogP contribution in [-0.2, 0) is 43.3 Å². The Hall–Kier alpha value is -10.7. The van der Waals surface area contributed by atoms with Crippen molar-refractivity contribution in [2.45, 2.75) is 56.7 Å². The predicted molar refractivity (Wildman–Crippen MR) is 506 cm³/mol. The number of ether oxygens (including phenoxy) is 9. The molecule has 2 fully saturated rings. The number of nitrogens with two attached hydrogens (primary N) is 1. The molecule has 0 bridgehead atoms. The number of aromatic hydroxyl groups is 1. The van der Waals surface area contributed by atoms with Gasteiger partial charge in [-0.2, -0.15) is 0 Å². The number of alkyl halides is 1. The summed E-state index contributed by atoms with van der Waals surface area (Å²) in [6.45, 7) is -0.181. The van der Waals surface area contributed by atoms with Gasteiger partial charge in [0.2, 0.25) is 11.8 Å². The minimum Gasteiger partial charge on any atom is -1.00 e. The Morgan fingerprint density at radius 3 is 1.03 bits per heavy atom. The number of nitrogen functional groups attached to an aromatic ring is 1. The molecule has 8 N–H and O–H groups in total. The first-order valence-electron chi connectivity index (χ1n) is 40.8. The minimum absolute atomic E-state index is 0. The number of nitrogens with one attached hydrogen (secondary N) is 2. The van der Waals surface area contributed by atoms with Crippen molar-refractivity contribution >= 4 is 124 Å². The number of carboxylic acid groups (broad SMARTS) is 1. The van der Waals surface area contributed by atoms with Gasteiger partial charge in [-0.05, 0) is 214 Å². The number of halogens is 16. The molecule has 3 heterocycles. The summed E-state index contributed by atoms with van der Waals surface area (Å²) in [5, 5.41) is 67.6. The number of carbonyl (C=O) groups is 4. The summed E-state index contributed by atoms with van der Waals surface area (Å²) in [7, 11) is 5.61. The third kappa shape index (κ3) is 43.1. The number of benzene rings is 10. The van der Waals surface area contributed by atoms with Crippen LogP contribution >= 0.6 is 63.7 Å². The number of pyridine rings is 3. The van der Waals surface area contributed by atoms with Gasteiger partial charge >= 0.3 is 151 Å². The fourth-order valence-electron chi connectivity index (χ4n) is 11.1. The van der Waals surface area contributed by atoms with Crippen LogP contribution in [0.25, 0.3) is 0 Å². The van der Waals surface area contributed by atoms with Crippen molar-refractivity contribution in [1.82, 2.24) is 15.0 Å². The van der Waals surface area contributed by atoms with E-state index in [1.54, 1.807) is 155 Å². The van der Waals surface area contributed by atoms with Crippen molar-refractivity contribution in [2.24, 2.45) is 0 Å². The van der Waals surface area contributed by atoms with Gasteiger partial charge in [0.05, 0.1) is 115 Å². The summed E-state index contributed by atoms with van der Waals surface area (Å²) >= 11 is 13.0. The predicted octanol–water partition coefficient (Wildman–Crippen LogP) is 16.5. The number of amides is 2. The van der Waals surface area contributed by atoms with Gasteiger partial charge in [0.1, 0.15) is 57.5 Å². The number of carbonyl (C=O) groups excluding carboxylic acids is 3. The molecule has 0 saturated heterocycles. The average molecular weight is 2520 g/mol. The van der Waals surface area contributed by atoms with Crippen LogP contribution < -0.4 is 202 Å². The molecule has 0 radical (unpaired) electrons. The number of carboxylic acids is 1. The Bertz CT molecular complexity index is 6360. The number of nitrogens with zero attached hydrogens (tertiary/aromatic N) is 5. The quantitative estimate of drug-likeness (QED) is 0.00387. The Kier molecular flexibility index (Phi) is 55.8. The van der Waals surface area contributed by atoms with E-state index in [1.165, 1.54) is 45.6 Å². The summed E-state index contributed by atoms with van der Waals surface area (Å²) in [6, 6.07) is 42.0. The van der Waals surface area contributed by atoms with Crippen molar-refractivity contribution < 1.29 is 295 Å². The molecule has 144 heavy (non-hydrogen) atoms. The fourth-order valence-corrected chi connectivity index (χ4v) is 13.2. The Morgan fingerprint density at radius 1 is 0.472 bits per heavy atom. The number of aliphatic carboxylic acids is 1. The van der Waals surface area contributed by atoms with E-state index in [-0.39, 0.29) is 211 Å². The first-order chi connectivity index (χ1) is 68.1. The normalized spacial score (nSPS) is 10.9. The zero-order chi connectivity index (χ0) is 106. The number of nitro groups is 2. The largest absolute Gasteiger partial charge is 1.00 e. The fraction of sp³-hybridized carbons (Fsp3) is 0.160. The van der Waals surface area contributed by atoms with E-state index in [4.69, 9.17) is 80.0 Å². The van der Waals surface area contributed by atoms with E-state index in [2.05, 4.69) is 94.2 Å². The first kappa shape index (κ1) is 124. The molecule has 752 valence electrons. The third-order valence-corrected chi connectivity index (χ3v) is 20.4. The van der Waals surface area contributed by atoms with Gasteiger partial charge in [-0.3, -0.25) is 58.7 Å². The maximum atomic E-state index is 14.5. The topological polar surface area (TPSA) is 440 Å². The summed E-state index contributed by atoms with van der Waals surface area (Å²) in [5.41, 5.74) is 6.91. The molecule has 13 aromatic rings. The molecule has 2 amide bonds. The number of phenolic OH excluding ortho intramolecular Hbond substituents is 1. The van der Waals surface area contributed by atoms with Gasteiger partial charge in [-0.1, -0.05) is 31.0 Å². The van der Waals surface area contributed by atoms with Crippen LogP contribution in [0.2, 0.25) is 5.82 Å². The number of rotatable bonds is 26. The van der Waals surface area contributed by atoms with Crippen molar-refractivity contribution in [1.29, 1.82) is 0 Å². The SMILES string of the molecule is COc1ccc(O)cc1Br.COc1ccc(Oc2c(F)cc(N)cc2F)cc1Br.COc1ccc(Oc2c(F)cc(NC(=O)Cc3cccnc3)cc2F)cc1Br.COc1ccc(Oc2c(F)cc(NC(=O)Cc3cccnc3)cc2F)cc1C1CC1.COc1ccc(Oc2c(F)cc([N+](=O)[O-])cc2F)cc1Br.O=C(O)Cc1cccnc1.O=CO[O-].O=[N+]([O-])c1cc(F)c(F)c(F)c1.OB(O)C1CC1.[2H]CF.[Cs+].[Cs+].[H-]. The van der Waals surface area contributed by atoms with Crippen molar-refractivity contribution in [3.05, 3.63) is 350 Å². The average Bonchev–Trinajstić information content (AvgIpc) is 1.66. The molecule has 2 aliphatic carbocycles.